The van der Waals surface area contributed by atoms with Crippen molar-refractivity contribution in [1.29, 1.82) is 0 Å². The Morgan fingerprint density at radius 3 is 1.31 bits per heavy atom. The van der Waals surface area contributed by atoms with Gasteiger partial charge in [0.25, 0.3) is 11.8 Å². The zero-order chi connectivity index (χ0) is 29.3. The second-order valence-electron chi connectivity index (χ2n) is 10.1. The standard InChI is InChI=1S/C34H30N2O6/c37-31-25-13-7-14-26(19-25)32(38)36-30(18-24-11-5-2-6-12-24)22-42-34(40)28-16-8-15-27(20-28)33(39)41-21-29(35-31)17-23-9-3-1-4-10-23/h1-16,19-20,29-30H,17-18,21-22H2,(H,35,37)(H,36,38)/t29-,30+. The van der Waals surface area contributed by atoms with Gasteiger partial charge in [-0.3, -0.25) is 9.59 Å². The lowest BCUT2D eigenvalue weighted by molar-refractivity contribution is 0.0450. The SMILES string of the molecule is O=C1N[C@@H](Cc2ccccc2)COC(=O)c2cccc(c2)C(=O)OC[C@@H](Cc2ccccc2)NC(=O)c2cccc1c2. The Morgan fingerprint density at radius 1 is 0.500 bits per heavy atom. The number of amides is 2. The lowest BCUT2D eigenvalue weighted by Gasteiger charge is -2.21. The van der Waals surface area contributed by atoms with E-state index < -0.39 is 35.8 Å². The summed E-state index contributed by atoms with van der Waals surface area (Å²) in [7, 11) is 0. The molecule has 2 N–H and O–H groups in total. The maximum atomic E-state index is 13.3. The van der Waals surface area contributed by atoms with Crippen LogP contribution in [0.4, 0.5) is 0 Å². The Kier molecular flexibility index (Phi) is 9.03. The lowest BCUT2D eigenvalue weighted by Crippen LogP contribution is -2.41. The van der Waals surface area contributed by atoms with Gasteiger partial charge in [0.05, 0.1) is 23.2 Å². The van der Waals surface area contributed by atoms with E-state index in [1.54, 1.807) is 36.4 Å². The number of esters is 2. The fraction of sp³-hybridized carbons (Fsp3) is 0.176. The molecule has 4 aromatic rings. The molecule has 4 bridgehead atoms. The summed E-state index contributed by atoms with van der Waals surface area (Å²) in [6.07, 6.45) is 0.821. The Hall–Kier alpha value is -5.24. The molecule has 4 aromatic carbocycles. The van der Waals surface area contributed by atoms with E-state index in [0.717, 1.165) is 11.1 Å². The zero-order valence-electron chi connectivity index (χ0n) is 22.8. The number of carbonyl (C=O) groups is 4. The number of hydrogen-bond donors (Lipinski definition) is 2. The van der Waals surface area contributed by atoms with Crippen LogP contribution in [0.3, 0.4) is 0 Å². The molecule has 0 spiro atoms. The highest BCUT2D eigenvalue weighted by Crippen LogP contribution is 2.14. The second kappa shape index (κ2) is 13.4. The molecule has 5 rings (SSSR count). The number of cyclic esters (lactones) is 2. The van der Waals surface area contributed by atoms with Gasteiger partial charge in [0.15, 0.2) is 0 Å². The smallest absolute Gasteiger partial charge is 0.338 e. The maximum Gasteiger partial charge on any atom is 0.338 e. The largest absolute Gasteiger partial charge is 0.460 e. The van der Waals surface area contributed by atoms with Crippen molar-refractivity contribution in [1.82, 2.24) is 10.6 Å². The number of rotatable bonds is 4. The van der Waals surface area contributed by atoms with Crippen molar-refractivity contribution in [3.8, 4) is 0 Å². The third-order valence-corrected chi connectivity index (χ3v) is 6.87. The summed E-state index contributed by atoms with van der Waals surface area (Å²) in [6.45, 7) is -0.203. The van der Waals surface area contributed by atoms with Crippen molar-refractivity contribution in [3.63, 3.8) is 0 Å². The lowest BCUT2D eigenvalue weighted by atomic mass is 10.0. The average Bonchev–Trinajstić information content (AvgIpc) is 3.02. The van der Waals surface area contributed by atoms with Crippen LogP contribution in [-0.4, -0.2) is 49.1 Å². The first-order chi connectivity index (χ1) is 20.4. The highest BCUT2D eigenvalue weighted by molar-refractivity contribution is 6.00. The average molecular weight is 563 g/mol. The number of ether oxygens (including phenoxy) is 2. The first-order valence-electron chi connectivity index (χ1n) is 13.7. The molecule has 1 heterocycles. The Bertz CT molecular complexity index is 1460. The number of benzene rings is 4. The number of fused-ring (bicyclic) bond motifs is 4. The van der Waals surface area contributed by atoms with Crippen LogP contribution < -0.4 is 10.6 Å². The normalized spacial score (nSPS) is 18.0. The maximum absolute atomic E-state index is 13.3. The molecule has 1 aliphatic heterocycles. The number of nitrogens with one attached hydrogen (secondary N) is 2. The van der Waals surface area contributed by atoms with Gasteiger partial charge in [0.1, 0.15) is 13.2 Å². The van der Waals surface area contributed by atoms with Crippen molar-refractivity contribution in [3.05, 3.63) is 143 Å². The van der Waals surface area contributed by atoms with Crippen LogP contribution in [-0.2, 0) is 22.3 Å². The van der Waals surface area contributed by atoms with Gasteiger partial charge in [-0.25, -0.2) is 9.59 Å². The Labute approximate surface area is 243 Å². The van der Waals surface area contributed by atoms with E-state index in [1.165, 1.54) is 12.1 Å². The molecule has 0 saturated heterocycles. The molecule has 0 fully saturated rings. The van der Waals surface area contributed by atoms with Gasteiger partial charge >= 0.3 is 11.9 Å². The fourth-order valence-corrected chi connectivity index (χ4v) is 4.73. The molecule has 212 valence electrons. The van der Waals surface area contributed by atoms with Crippen LogP contribution in [0.15, 0.2) is 109 Å². The fourth-order valence-electron chi connectivity index (χ4n) is 4.73. The quantitative estimate of drug-likeness (QED) is 0.357. The van der Waals surface area contributed by atoms with Crippen molar-refractivity contribution in [2.24, 2.45) is 0 Å². The van der Waals surface area contributed by atoms with Crippen molar-refractivity contribution < 1.29 is 28.7 Å². The van der Waals surface area contributed by atoms with Gasteiger partial charge in [-0.1, -0.05) is 72.8 Å². The topological polar surface area (TPSA) is 111 Å². The van der Waals surface area contributed by atoms with Crippen LogP contribution in [0.5, 0.6) is 0 Å². The van der Waals surface area contributed by atoms with E-state index in [0.29, 0.717) is 12.8 Å². The molecule has 0 unspecified atom stereocenters. The van der Waals surface area contributed by atoms with Crippen molar-refractivity contribution in [2.75, 3.05) is 13.2 Å². The molecular formula is C34H30N2O6. The van der Waals surface area contributed by atoms with E-state index in [-0.39, 0.29) is 35.5 Å². The molecule has 8 heteroatoms. The van der Waals surface area contributed by atoms with Gasteiger partial charge in [0.2, 0.25) is 0 Å². The minimum Gasteiger partial charge on any atom is -0.460 e. The first kappa shape index (κ1) is 28.3. The summed E-state index contributed by atoms with van der Waals surface area (Å²) >= 11 is 0. The van der Waals surface area contributed by atoms with Gasteiger partial charge < -0.3 is 20.1 Å². The van der Waals surface area contributed by atoms with E-state index in [1.807, 2.05) is 60.7 Å². The molecule has 42 heavy (non-hydrogen) atoms. The summed E-state index contributed by atoms with van der Waals surface area (Å²) in [6, 6.07) is 30.4. The van der Waals surface area contributed by atoms with Crippen LogP contribution in [0.2, 0.25) is 0 Å². The highest BCUT2D eigenvalue weighted by Gasteiger charge is 2.22. The molecule has 0 aliphatic carbocycles. The van der Waals surface area contributed by atoms with E-state index in [4.69, 9.17) is 9.47 Å². The summed E-state index contributed by atoms with van der Waals surface area (Å²) in [4.78, 5) is 52.5. The van der Waals surface area contributed by atoms with Gasteiger partial charge in [0, 0.05) is 11.1 Å². The van der Waals surface area contributed by atoms with Crippen molar-refractivity contribution >= 4 is 23.8 Å². The summed E-state index contributed by atoms with van der Waals surface area (Å²) in [5.41, 5.74) is 2.82. The van der Waals surface area contributed by atoms with Gasteiger partial charge in [-0.15, -0.1) is 0 Å². The number of hydrogen-bond acceptors (Lipinski definition) is 6. The molecule has 8 nitrogen and oxygen atoms in total. The molecule has 0 saturated carbocycles. The third kappa shape index (κ3) is 7.48. The first-order valence-corrected chi connectivity index (χ1v) is 13.7. The summed E-state index contributed by atoms with van der Waals surface area (Å²) in [5, 5.41) is 5.89. The molecule has 2 amide bonds. The summed E-state index contributed by atoms with van der Waals surface area (Å²) in [5.74, 6) is -2.07. The van der Waals surface area contributed by atoms with Crippen molar-refractivity contribution in [2.45, 2.75) is 24.9 Å². The molecule has 2 atom stereocenters. The minimum absolute atomic E-state index is 0.102. The van der Waals surface area contributed by atoms with E-state index >= 15 is 0 Å². The number of carbonyl (C=O) groups excluding carboxylic acids is 4. The monoisotopic (exact) mass is 562 g/mol. The van der Waals surface area contributed by atoms with Crippen LogP contribution in [0.25, 0.3) is 0 Å². The van der Waals surface area contributed by atoms with Crippen LogP contribution in [0.1, 0.15) is 52.6 Å². The second-order valence-corrected chi connectivity index (χ2v) is 10.1. The molecular weight excluding hydrogens is 532 g/mol. The van der Waals surface area contributed by atoms with Crippen LogP contribution >= 0.6 is 0 Å². The Balaban J connectivity index is 1.45. The Morgan fingerprint density at radius 2 is 0.881 bits per heavy atom. The highest BCUT2D eigenvalue weighted by atomic mass is 16.5. The molecule has 0 radical (unpaired) electrons. The third-order valence-electron chi connectivity index (χ3n) is 6.87. The molecule has 1 aliphatic rings. The zero-order valence-corrected chi connectivity index (χ0v) is 22.8. The van der Waals surface area contributed by atoms with E-state index in [9.17, 15) is 19.2 Å². The van der Waals surface area contributed by atoms with Gasteiger partial charge in [-0.2, -0.15) is 0 Å². The predicted octanol–water partition coefficient (Wildman–Crippen LogP) is 4.40. The minimum atomic E-state index is -0.630. The van der Waals surface area contributed by atoms with Gasteiger partial charge in [-0.05, 0) is 60.4 Å². The molecule has 0 aromatic heterocycles. The predicted molar refractivity (Wildman–Crippen MR) is 156 cm³/mol. The summed E-state index contributed by atoms with van der Waals surface area (Å²) < 4.78 is 11.2. The van der Waals surface area contributed by atoms with Crippen LogP contribution in [0, 0.1) is 0 Å². The van der Waals surface area contributed by atoms with E-state index in [2.05, 4.69) is 10.6 Å².